The van der Waals surface area contributed by atoms with E-state index in [0.717, 1.165) is 0 Å². The molecule has 2 aromatic rings. The molecule has 0 radical (unpaired) electrons. The van der Waals surface area contributed by atoms with Crippen molar-refractivity contribution in [1.82, 2.24) is 0 Å². The lowest BCUT2D eigenvalue weighted by molar-refractivity contribution is -0.384. The standard InChI is InChI=1S/C14H10N2O4/c17-14(12-6-8-13(9-7-12)16(18)19)20-15-10-11-4-2-1-3-5-11/h1-10H/b15-10-/i10D. The number of non-ortho nitro benzene ring substituents is 1. The molecule has 0 saturated heterocycles. The number of carbonyl (C=O) groups excluding carboxylic acids is 1. The number of nitrogens with zero attached hydrogens (tertiary/aromatic N) is 2. The quantitative estimate of drug-likeness (QED) is 0.370. The van der Waals surface area contributed by atoms with Gasteiger partial charge in [0.05, 0.1) is 18.0 Å². The molecule has 0 spiro atoms. The molecule has 0 saturated carbocycles. The zero-order chi connectivity index (χ0) is 15.2. The van der Waals surface area contributed by atoms with Crippen LogP contribution in [0.1, 0.15) is 17.3 Å². The fraction of sp³-hybridized carbons (Fsp3) is 0. The van der Waals surface area contributed by atoms with E-state index in [1.54, 1.807) is 30.3 Å². The number of hydrogen-bond acceptors (Lipinski definition) is 5. The summed E-state index contributed by atoms with van der Waals surface area (Å²) in [5.74, 6) is -0.787. The first kappa shape index (κ1) is 12.0. The highest BCUT2D eigenvalue weighted by atomic mass is 16.7. The first-order valence-electron chi connectivity index (χ1n) is 6.14. The Bertz CT molecular complexity index is 684. The first-order valence-corrected chi connectivity index (χ1v) is 5.64. The van der Waals surface area contributed by atoms with Gasteiger partial charge < -0.3 is 4.84 Å². The Hall–Kier alpha value is -3.02. The van der Waals surface area contributed by atoms with Crippen LogP contribution in [0.2, 0.25) is 0 Å². The van der Waals surface area contributed by atoms with E-state index in [0.29, 0.717) is 5.56 Å². The third-order valence-electron chi connectivity index (χ3n) is 2.39. The topological polar surface area (TPSA) is 81.8 Å². The van der Waals surface area contributed by atoms with Gasteiger partial charge >= 0.3 is 5.97 Å². The summed E-state index contributed by atoms with van der Waals surface area (Å²) in [6.45, 7) is 0. The van der Waals surface area contributed by atoms with Crippen LogP contribution < -0.4 is 0 Å². The first-order chi connectivity index (χ1) is 10.1. The van der Waals surface area contributed by atoms with Gasteiger partial charge in [-0.25, -0.2) is 4.79 Å². The number of benzene rings is 2. The Morgan fingerprint density at radius 1 is 1.20 bits per heavy atom. The van der Waals surface area contributed by atoms with Crippen LogP contribution in [0.3, 0.4) is 0 Å². The summed E-state index contributed by atoms with van der Waals surface area (Å²) in [4.78, 5) is 26.2. The molecule has 0 atom stereocenters. The fourth-order valence-electron chi connectivity index (χ4n) is 1.40. The van der Waals surface area contributed by atoms with E-state index >= 15 is 0 Å². The van der Waals surface area contributed by atoms with Crippen molar-refractivity contribution >= 4 is 17.8 Å². The SMILES string of the molecule is [2H]/C(=N/OC(=O)c1ccc([N+](=O)[O-])cc1)c1ccccc1. The molecule has 2 rings (SSSR count). The summed E-state index contributed by atoms with van der Waals surface area (Å²) in [6.07, 6.45) is -0.189. The lowest BCUT2D eigenvalue weighted by Gasteiger charge is -1.97. The van der Waals surface area contributed by atoms with Crippen molar-refractivity contribution in [2.24, 2.45) is 5.16 Å². The summed E-state index contributed by atoms with van der Waals surface area (Å²) in [5, 5.41) is 13.9. The third kappa shape index (κ3) is 3.49. The lowest BCUT2D eigenvalue weighted by atomic mass is 10.2. The number of oxime groups is 1. The highest BCUT2D eigenvalue weighted by Gasteiger charge is 2.10. The molecular weight excluding hydrogens is 260 g/mol. The highest BCUT2D eigenvalue weighted by molar-refractivity contribution is 5.90. The largest absolute Gasteiger partial charge is 0.365 e. The Labute approximate surface area is 115 Å². The molecule has 6 heteroatoms. The summed E-state index contributed by atoms with van der Waals surface area (Å²) < 4.78 is 7.64. The molecular formula is C14H10N2O4. The van der Waals surface area contributed by atoms with Crippen LogP contribution in [0.25, 0.3) is 0 Å². The van der Waals surface area contributed by atoms with Crippen molar-refractivity contribution in [2.45, 2.75) is 0 Å². The average Bonchev–Trinajstić information content (AvgIpc) is 2.53. The van der Waals surface area contributed by atoms with Gasteiger partial charge in [0.25, 0.3) is 5.69 Å². The molecule has 0 aliphatic carbocycles. The summed E-state index contributed by atoms with van der Waals surface area (Å²) in [7, 11) is 0. The second-order valence-corrected chi connectivity index (χ2v) is 3.75. The molecule has 20 heavy (non-hydrogen) atoms. The minimum atomic E-state index is -0.787. The molecule has 0 unspecified atom stereocenters. The normalized spacial score (nSPS) is 11.6. The summed E-state index contributed by atoms with van der Waals surface area (Å²) >= 11 is 0. The molecule has 0 heterocycles. The van der Waals surface area contributed by atoms with Crippen LogP contribution in [0, 0.1) is 10.1 Å². The lowest BCUT2D eigenvalue weighted by Crippen LogP contribution is -2.01. The number of rotatable bonds is 4. The van der Waals surface area contributed by atoms with E-state index in [1.165, 1.54) is 24.3 Å². The average molecular weight is 271 g/mol. The van der Waals surface area contributed by atoms with Gasteiger partial charge in [0, 0.05) is 12.1 Å². The molecule has 100 valence electrons. The van der Waals surface area contributed by atoms with E-state index in [-0.39, 0.29) is 17.4 Å². The van der Waals surface area contributed by atoms with Gasteiger partial charge in [-0.15, -0.1) is 0 Å². The van der Waals surface area contributed by atoms with Gasteiger partial charge in [-0.05, 0) is 17.7 Å². The maximum absolute atomic E-state index is 11.7. The van der Waals surface area contributed by atoms with E-state index in [4.69, 9.17) is 1.37 Å². The molecule has 0 aromatic heterocycles. The zero-order valence-corrected chi connectivity index (χ0v) is 10.2. The molecule has 0 amide bonds. The Morgan fingerprint density at radius 2 is 1.85 bits per heavy atom. The maximum atomic E-state index is 11.7. The van der Waals surface area contributed by atoms with Gasteiger partial charge in [0.2, 0.25) is 0 Å². The van der Waals surface area contributed by atoms with Crippen LogP contribution in [-0.2, 0) is 4.84 Å². The minimum Gasteiger partial charge on any atom is -0.313 e. The van der Waals surface area contributed by atoms with Crippen LogP contribution in [0.5, 0.6) is 0 Å². The smallest absolute Gasteiger partial charge is 0.313 e. The molecule has 6 nitrogen and oxygen atoms in total. The van der Waals surface area contributed by atoms with E-state index in [2.05, 4.69) is 9.99 Å². The Morgan fingerprint density at radius 3 is 2.45 bits per heavy atom. The van der Waals surface area contributed by atoms with Gasteiger partial charge in [0.1, 0.15) is 0 Å². The van der Waals surface area contributed by atoms with E-state index in [1.807, 2.05) is 0 Å². The number of nitro groups is 1. The number of nitro benzene ring substituents is 1. The number of hydrogen-bond donors (Lipinski definition) is 0. The minimum absolute atomic E-state index is 0.116. The van der Waals surface area contributed by atoms with Gasteiger partial charge in [0.15, 0.2) is 0 Å². The fourth-order valence-corrected chi connectivity index (χ4v) is 1.40. The van der Waals surface area contributed by atoms with Crippen LogP contribution in [-0.4, -0.2) is 17.1 Å². The third-order valence-corrected chi connectivity index (χ3v) is 2.39. The van der Waals surface area contributed by atoms with Crippen LogP contribution in [0.15, 0.2) is 59.8 Å². The monoisotopic (exact) mass is 271 g/mol. The highest BCUT2D eigenvalue weighted by Crippen LogP contribution is 2.12. The van der Waals surface area contributed by atoms with Gasteiger partial charge in [-0.2, -0.15) is 0 Å². The summed E-state index contributed by atoms with van der Waals surface area (Å²) in [5.41, 5.74) is 0.500. The van der Waals surface area contributed by atoms with Crippen LogP contribution >= 0.6 is 0 Å². The Kier molecular flexibility index (Phi) is 3.75. The predicted molar refractivity (Wildman–Crippen MR) is 72.5 cm³/mol. The molecule has 0 N–H and O–H groups in total. The second-order valence-electron chi connectivity index (χ2n) is 3.75. The van der Waals surface area contributed by atoms with Crippen molar-refractivity contribution in [3.63, 3.8) is 0 Å². The maximum Gasteiger partial charge on any atom is 0.365 e. The van der Waals surface area contributed by atoms with Crippen molar-refractivity contribution < 1.29 is 15.9 Å². The van der Waals surface area contributed by atoms with E-state index in [9.17, 15) is 14.9 Å². The van der Waals surface area contributed by atoms with Gasteiger partial charge in [-0.1, -0.05) is 35.5 Å². The number of carbonyl (C=O) groups is 1. The van der Waals surface area contributed by atoms with Crippen molar-refractivity contribution in [3.05, 3.63) is 75.8 Å². The van der Waals surface area contributed by atoms with Crippen molar-refractivity contribution in [1.29, 1.82) is 0 Å². The molecule has 0 aliphatic heterocycles. The molecule has 2 aromatic carbocycles. The van der Waals surface area contributed by atoms with Crippen LogP contribution in [0.4, 0.5) is 5.69 Å². The van der Waals surface area contributed by atoms with Gasteiger partial charge in [-0.3, -0.25) is 10.1 Å². The van der Waals surface area contributed by atoms with Crippen molar-refractivity contribution in [2.75, 3.05) is 0 Å². The Balaban J connectivity index is 2.06. The van der Waals surface area contributed by atoms with Crippen molar-refractivity contribution in [3.8, 4) is 0 Å². The zero-order valence-electron chi connectivity index (χ0n) is 11.2. The molecule has 0 bridgehead atoms. The predicted octanol–water partition coefficient (Wildman–Crippen LogP) is 2.79. The molecule has 0 aliphatic rings. The van der Waals surface area contributed by atoms with E-state index < -0.39 is 10.9 Å². The summed E-state index contributed by atoms with van der Waals surface area (Å²) in [6, 6.07) is 13.5. The second kappa shape index (κ2) is 6.24. The molecule has 0 fully saturated rings.